The van der Waals surface area contributed by atoms with Crippen molar-refractivity contribution in [3.05, 3.63) is 70.5 Å². The van der Waals surface area contributed by atoms with Gasteiger partial charge in [-0.05, 0) is 23.6 Å². The van der Waals surface area contributed by atoms with Crippen LogP contribution in [0, 0.1) is 5.41 Å². The molecule has 1 unspecified atom stereocenters. The molecule has 0 saturated heterocycles. The molecule has 0 bridgehead atoms. The van der Waals surface area contributed by atoms with Gasteiger partial charge < -0.3 is 20.3 Å². The number of rotatable bonds is 8. The third kappa shape index (κ3) is 5.99. The van der Waals surface area contributed by atoms with Crippen LogP contribution in [0.1, 0.15) is 53.7 Å². The van der Waals surface area contributed by atoms with Gasteiger partial charge in [0, 0.05) is 24.0 Å². The van der Waals surface area contributed by atoms with E-state index in [1.54, 1.807) is 17.6 Å². The summed E-state index contributed by atoms with van der Waals surface area (Å²) in [5.41, 5.74) is 2.34. The van der Waals surface area contributed by atoms with Crippen LogP contribution in [0.3, 0.4) is 0 Å². The fourth-order valence-electron chi connectivity index (χ4n) is 3.65. The number of H-pyrrole nitrogens is 1. The molecule has 2 amide bonds. The Morgan fingerprint density at radius 2 is 2.00 bits per heavy atom. The van der Waals surface area contributed by atoms with E-state index in [9.17, 15) is 14.7 Å². The third-order valence-corrected chi connectivity index (χ3v) is 6.58. The van der Waals surface area contributed by atoms with Gasteiger partial charge in [0.2, 0.25) is 0 Å². The summed E-state index contributed by atoms with van der Waals surface area (Å²) in [6, 6.07) is 9.30. The Morgan fingerprint density at radius 3 is 2.69 bits per heavy atom. The summed E-state index contributed by atoms with van der Waals surface area (Å²) in [4.78, 5) is 46.3. The van der Waals surface area contributed by atoms with Gasteiger partial charge in [-0.2, -0.15) is 0 Å². The molecule has 4 aromatic rings. The van der Waals surface area contributed by atoms with E-state index in [1.807, 2.05) is 45.0 Å². The number of para-hydroxylation sites is 2. The molecule has 1 aromatic carbocycles. The first kappa shape index (κ1) is 24.3. The highest BCUT2D eigenvalue weighted by atomic mass is 32.1. The van der Waals surface area contributed by atoms with Crippen molar-refractivity contribution in [1.82, 2.24) is 35.1 Å². The number of imidazole rings is 1. The molecule has 3 N–H and O–H groups in total. The highest BCUT2D eigenvalue weighted by Crippen LogP contribution is 2.37. The van der Waals surface area contributed by atoms with Crippen LogP contribution in [0.5, 0.6) is 0 Å². The molecule has 0 spiro atoms. The van der Waals surface area contributed by atoms with Gasteiger partial charge in [-0.15, -0.1) is 11.3 Å². The largest absolute Gasteiger partial charge is 0.465 e. The van der Waals surface area contributed by atoms with Crippen LogP contribution in [0.15, 0.2) is 48.2 Å². The lowest BCUT2D eigenvalue weighted by Crippen LogP contribution is -2.37. The Labute approximate surface area is 206 Å². The number of carboxylic acid groups (broad SMARTS) is 1. The van der Waals surface area contributed by atoms with E-state index in [0.717, 1.165) is 11.0 Å². The summed E-state index contributed by atoms with van der Waals surface area (Å²) in [7, 11) is 0. The molecule has 11 heteroatoms. The quantitative estimate of drug-likeness (QED) is 0.337. The minimum Gasteiger partial charge on any atom is -0.465 e. The number of hydrogen-bond acceptors (Lipinski definition) is 7. The van der Waals surface area contributed by atoms with Gasteiger partial charge in [0.1, 0.15) is 17.8 Å². The first-order valence-corrected chi connectivity index (χ1v) is 12.0. The first-order valence-electron chi connectivity index (χ1n) is 11.1. The number of hydrogen-bond donors (Lipinski definition) is 3. The molecule has 3 heterocycles. The van der Waals surface area contributed by atoms with Crippen molar-refractivity contribution in [2.75, 3.05) is 6.54 Å². The fraction of sp³-hybridized carbons (Fsp3) is 0.333. The number of amides is 2. The normalized spacial score (nSPS) is 12.4. The minimum absolute atomic E-state index is 0.119. The van der Waals surface area contributed by atoms with E-state index >= 15 is 0 Å². The number of aromatic amines is 1. The van der Waals surface area contributed by atoms with Gasteiger partial charge >= 0.3 is 6.09 Å². The molecule has 0 saturated carbocycles. The zero-order chi connectivity index (χ0) is 25.0. The highest BCUT2D eigenvalue weighted by Gasteiger charge is 2.33. The molecule has 4 rings (SSSR count). The maximum atomic E-state index is 12.6. The number of carbonyl (C=O) groups excluding carboxylic acids is 1. The average molecular weight is 494 g/mol. The number of thiazole rings is 1. The number of nitrogens with one attached hydrogen (secondary N) is 2. The van der Waals surface area contributed by atoms with E-state index in [2.05, 4.69) is 30.2 Å². The molecule has 10 nitrogen and oxygen atoms in total. The maximum absolute atomic E-state index is 12.6. The summed E-state index contributed by atoms with van der Waals surface area (Å²) in [6.45, 7) is 6.71. The number of fused-ring (bicyclic) bond motifs is 1. The summed E-state index contributed by atoms with van der Waals surface area (Å²) in [6.07, 6.45) is 2.00. The topological polar surface area (TPSA) is 137 Å². The monoisotopic (exact) mass is 493 g/mol. The summed E-state index contributed by atoms with van der Waals surface area (Å²) < 4.78 is 0. The van der Waals surface area contributed by atoms with Crippen molar-refractivity contribution in [2.24, 2.45) is 5.41 Å². The van der Waals surface area contributed by atoms with Gasteiger partial charge in [-0.25, -0.2) is 24.7 Å². The lowest BCUT2D eigenvalue weighted by Gasteiger charge is -2.32. The smallest absolute Gasteiger partial charge is 0.407 e. The van der Waals surface area contributed by atoms with Gasteiger partial charge in [0.05, 0.1) is 34.8 Å². The molecule has 0 aliphatic heterocycles. The minimum atomic E-state index is -1.04. The summed E-state index contributed by atoms with van der Waals surface area (Å²) in [5, 5.41) is 15.2. The zero-order valence-electron chi connectivity index (χ0n) is 19.7. The number of nitrogens with zero attached hydrogens (tertiary/aromatic N) is 5. The molecular weight excluding hydrogens is 466 g/mol. The lowest BCUT2D eigenvalue weighted by atomic mass is 9.80. The Morgan fingerprint density at radius 1 is 1.20 bits per heavy atom. The second-order valence-corrected chi connectivity index (χ2v) is 10.1. The van der Waals surface area contributed by atoms with Crippen LogP contribution in [-0.4, -0.2) is 53.5 Å². The summed E-state index contributed by atoms with van der Waals surface area (Å²) in [5.74, 6) is 0.0396. The van der Waals surface area contributed by atoms with Gasteiger partial charge in [0.15, 0.2) is 0 Å². The van der Waals surface area contributed by atoms with Crippen molar-refractivity contribution in [2.45, 2.75) is 39.8 Å². The molecule has 0 aliphatic carbocycles. The molecule has 0 fully saturated rings. The molecule has 3 aromatic heterocycles. The van der Waals surface area contributed by atoms with Crippen molar-refractivity contribution in [1.29, 1.82) is 0 Å². The predicted octanol–water partition coefficient (Wildman–Crippen LogP) is 4.05. The van der Waals surface area contributed by atoms with Gasteiger partial charge in [-0.3, -0.25) is 4.79 Å². The molecular formula is C24H27N7O3S. The van der Waals surface area contributed by atoms with Gasteiger partial charge in [-0.1, -0.05) is 32.9 Å². The fourth-order valence-corrected chi connectivity index (χ4v) is 4.79. The highest BCUT2D eigenvalue weighted by molar-refractivity contribution is 7.10. The van der Waals surface area contributed by atoms with Crippen molar-refractivity contribution in [3.8, 4) is 0 Å². The molecule has 35 heavy (non-hydrogen) atoms. The third-order valence-electron chi connectivity index (χ3n) is 5.62. The van der Waals surface area contributed by atoms with Crippen LogP contribution in [0.4, 0.5) is 4.79 Å². The van der Waals surface area contributed by atoms with E-state index < -0.39 is 6.09 Å². The van der Waals surface area contributed by atoms with E-state index in [4.69, 9.17) is 0 Å². The lowest BCUT2D eigenvalue weighted by molar-refractivity contribution is 0.0944. The maximum Gasteiger partial charge on any atom is 0.407 e. The van der Waals surface area contributed by atoms with E-state index in [-0.39, 0.29) is 36.9 Å². The Balaban J connectivity index is 1.49. The van der Waals surface area contributed by atoms with Crippen LogP contribution in [0.2, 0.25) is 0 Å². The standard InChI is InChI=1S/C24H27N7O3S/c1-24(2,3)16(11-31(23(33)34)12-20-28-17-6-4-5-7-18(17)29-20)22-30-19(13-35-22)21(32)26-10-15-8-9-25-14-27-15/h4-9,13-14,16H,10-12H2,1-3H3,(H,26,32)(H,28,29)(H,33,34). The second-order valence-electron chi connectivity index (χ2n) is 9.24. The van der Waals surface area contributed by atoms with Crippen molar-refractivity contribution < 1.29 is 14.7 Å². The van der Waals surface area contributed by atoms with Crippen molar-refractivity contribution in [3.63, 3.8) is 0 Å². The van der Waals surface area contributed by atoms with Crippen LogP contribution in [0.25, 0.3) is 11.0 Å². The Kier molecular flexibility index (Phi) is 7.06. The predicted molar refractivity (Wildman–Crippen MR) is 132 cm³/mol. The molecule has 0 radical (unpaired) electrons. The number of carbonyl (C=O) groups is 2. The number of benzene rings is 1. The van der Waals surface area contributed by atoms with E-state index in [1.165, 1.54) is 22.6 Å². The Bertz CT molecular complexity index is 1280. The second kappa shape index (κ2) is 10.2. The average Bonchev–Trinajstić information content (AvgIpc) is 3.46. The van der Waals surface area contributed by atoms with Crippen LogP contribution in [-0.2, 0) is 13.1 Å². The van der Waals surface area contributed by atoms with Gasteiger partial charge in [0.25, 0.3) is 5.91 Å². The number of aromatic nitrogens is 5. The summed E-state index contributed by atoms with van der Waals surface area (Å²) >= 11 is 1.36. The van der Waals surface area contributed by atoms with Crippen LogP contribution < -0.4 is 5.32 Å². The zero-order valence-corrected chi connectivity index (χ0v) is 20.5. The molecule has 1 atom stereocenters. The van der Waals surface area contributed by atoms with E-state index in [0.29, 0.717) is 22.2 Å². The SMILES string of the molecule is CC(C)(C)C(CN(Cc1nc2ccccc2[nH]1)C(=O)O)c1nc(C(=O)NCc2ccncn2)cs1. The Hall–Kier alpha value is -3.86. The van der Waals surface area contributed by atoms with Crippen LogP contribution >= 0.6 is 11.3 Å². The molecule has 182 valence electrons. The molecule has 0 aliphatic rings. The first-order chi connectivity index (χ1) is 16.7. The van der Waals surface area contributed by atoms with Crippen molar-refractivity contribution >= 4 is 34.4 Å².